The molecule has 1 N–H and O–H groups in total. The number of nitrogens with one attached hydrogen (secondary N) is 1. The van der Waals surface area contributed by atoms with Crippen molar-refractivity contribution in [1.29, 1.82) is 0 Å². The fraction of sp³-hybridized carbons (Fsp3) is 0.952. The van der Waals surface area contributed by atoms with Crippen LogP contribution in [0.5, 0.6) is 0 Å². The molecule has 2 saturated carbocycles. The molecule has 5 nitrogen and oxygen atoms in total. The maximum atomic E-state index is 6.18. The molecule has 1 spiro atoms. The summed E-state index contributed by atoms with van der Waals surface area (Å²) in [6, 6.07) is 0.555. The van der Waals surface area contributed by atoms with Gasteiger partial charge < -0.3 is 19.7 Å². The van der Waals surface area contributed by atoms with Gasteiger partial charge in [0.05, 0.1) is 17.8 Å². The summed E-state index contributed by atoms with van der Waals surface area (Å²) in [5.41, 5.74) is 0.329. The Kier molecular flexibility index (Phi) is 4.98. The van der Waals surface area contributed by atoms with Gasteiger partial charge in [-0.1, -0.05) is 12.8 Å². The minimum Gasteiger partial charge on any atom is -0.377 e. The van der Waals surface area contributed by atoms with E-state index in [-0.39, 0.29) is 5.60 Å². The van der Waals surface area contributed by atoms with E-state index in [2.05, 4.69) is 36.0 Å². The lowest BCUT2D eigenvalue weighted by Crippen LogP contribution is -2.69. The highest BCUT2D eigenvalue weighted by Crippen LogP contribution is 2.60. The Bertz CT molecular complexity index is 528. The van der Waals surface area contributed by atoms with Gasteiger partial charge in [0, 0.05) is 44.1 Å². The Labute approximate surface area is 158 Å². The van der Waals surface area contributed by atoms with Crippen LogP contribution in [0.15, 0.2) is 4.99 Å². The lowest BCUT2D eigenvalue weighted by atomic mass is 9.54. The van der Waals surface area contributed by atoms with Crippen molar-refractivity contribution in [1.82, 2.24) is 10.2 Å². The molecule has 4 rings (SSSR count). The molecule has 0 aromatic rings. The molecule has 3 unspecified atom stereocenters. The van der Waals surface area contributed by atoms with Gasteiger partial charge in [0.1, 0.15) is 0 Å². The Balaban J connectivity index is 1.37. The fourth-order valence-electron chi connectivity index (χ4n) is 6.03. The van der Waals surface area contributed by atoms with Crippen LogP contribution < -0.4 is 5.32 Å². The Hall–Kier alpha value is -0.810. The summed E-state index contributed by atoms with van der Waals surface area (Å²) < 4.78 is 12.3. The average molecular weight is 364 g/mol. The van der Waals surface area contributed by atoms with Crippen LogP contribution in [-0.2, 0) is 9.47 Å². The van der Waals surface area contributed by atoms with Crippen molar-refractivity contribution in [2.24, 2.45) is 16.3 Å². The highest BCUT2D eigenvalue weighted by molar-refractivity contribution is 5.80. The Morgan fingerprint density at radius 1 is 1.15 bits per heavy atom. The van der Waals surface area contributed by atoms with Gasteiger partial charge >= 0.3 is 0 Å². The predicted molar refractivity (Wildman–Crippen MR) is 104 cm³/mol. The quantitative estimate of drug-likeness (QED) is 0.605. The van der Waals surface area contributed by atoms with Crippen molar-refractivity contribution in [3.05, 3.63) is 0 Å². The molecule has 5 heteroatoms. The van der Waals surface area contributed by atoms with Gasteiger partial charge in [0.25, 0.3) is 0 Å². The molecule has 0 radical (unpaired) electrons. The molecule has 26 heavy (non-hydrogen) atoms. The van der Waals surface area contributed by atoms with Crippen LogP contribution >= 0.6 is 0 Å². The maximum Gasteiger partial charge on any atom is 0.193 e. The molecular formula is C21H37N3O2. The summed E-state index contributed by atoms with van der Waals surface area (Å²) in [6.45, 7) is 9.46. The van der Waals surface area contributed by atoms with E-state index >= 15 is 0 Å². The van der Waals surface area contributed by atoms with E-state index in [0.717, 1.165) is 38.5 Å². The Morgan fingerprint density at radius 3 is 2.46 bits per heavy atom. The number of aliphatic imine (C=N–C) groups is 1. The molecule has 2 aliphatic heterocycles. The summed E-state index contributed by atoms with van der Waals surface area (Å²) in [7, 11) is 1.93. The number of ether oxygens (including phenoxy) is 2. The molecule has 0 amide bonds. The number of piperidine rings is 1. The van der Waals surface area contributed by atoms with Crippen molar-refractivity contribution in [2.75, 3.05) is 26.7 Å². The van der Waals surface area contributed by atoms with Gasteiger partial charge in [0.15, 0.2) is 5.96 Å². The first-order valence-corrected chi connectivity index (χ1v) is 10.7. The summed E-state index contributed by atoms with van der Waals surface area (Å²) in [5, 5.41) is 3.90. The first-order valence-electron chi connectivity index (χ1n) is 10.7. The van der Waals surface area contributed by atoms with E-state index in [1.54, 1.807) is 0 Å². The first kappa shape index (κ1) is 18.5. The van der Waals surface area contributed by atoms with Gasteiger partial charge in [-0.25, -0.2) is 0 Å². The lowest BCUT2D eigenvalue weighted by Gasteiger charge is -2.57. The molecule has 148 valence electrons. The molecule has 2 heterocycles. The van der Waals surface area contributed by atoms with Gasteiger partial charge in [0.2, 0.25) is 0 Å². The van der Waals surface area contributed by atoms with Crippen molar-refractivity contribution in [2.45, 2.75) is 89.6 Å². The van der Waals surface area contributed by atoms with Crippen LogP contribution in [0.1, 0.15) is 65.7 Å². The van der Waals surface area contributed by atoms with Crippen LogP contribution in [0.2, 0.25) is 0 Å². The van der Waals surface area contributed by atoms with E-state index in [9.17, 15) is 0 Å². The molecule has 0 bridgehead atoms. The number of hydrogen-bond donors (Lipinski definition) is 1. The number of fused-ring (bicyclic) bond motifs is 2. The zero-order valence-corrected chi connectivity index (χ0v) is 17.1. The summed E-state index contributed by atoms with van der Waals surface area (Å²) in [5.74, 6) is 1.78. The van der Waals surface area contributed by atoms with Crippen LogP contribution in [-0.4, -0.2) is 61.5 Å². The van der Waals surface area contributed by atoms with E-state index in [1.807, 2.05) is 7.05 Å². The van der Waals surface area contributed by atoms with E-state index in [0.29, 0.717) is 29.6 Å². The van der Waals surface area contributed by atoms with Gasteiger partial charge in [-0.3, -0.25) is 4.99 Å². The normalized spacial score (nSPS) is 34.8. The van der Waals surface area contributed by atoms with E-state index < -0.39 is 0 Å². The molecule has 4 fully saturated rings. The predicted octanol–water partition coefficient (Wildman–Crippen LogP) is 3.19. The summed E-state index contributed by atoms with van der Waals surface area (Å²) >= 11 is 0. The SMILES string of the molecule is CN=C(NC1C2CCOC2C12CCCC2)N1CCC(OC(C)(C)C)CC1. The highest BCUT2D eigenvalue weighted by atomic mass is 16.5. The van der Waals surface area contributed by atoms with Crippen LogP contribution in [0.3, 0.4) is 0 Å². The minimum absolute atomic E-state index is 0.0506. The average Bonchev–Trinajstić information content (AvgIpc) is 3.23. The number of guanidine groups is 1. The van der Waals surface area contributed by atoms with E-state index in [4.69, 9.17) is 9.47 Å². The van der Waals surface area contributed by atoms with Crippen molar-refractivity contribution in [3.8, 4) is 0 Å². The van der Waals surface area contributed by atoms with E-state index in [1.165, 1.54) is 32.1 Å². The molecule has 3 atom stereocenters. The number of hydrogen-bond acceptors (Lipinski definition) is 3. The molecule has 2 aliphatic carbocycles. The second-order valence-corrected chi connectivity index (χ2v) is 9.77. The van der Waals surface area contributed by atoms with Crippen molar-refractivity contribution in [3.63, 3.8) is 0 Å². The Morgan fingerprint density at radius 2 is 1.85 bits per heavy atom. The molecule has 2 saturated heterocycles. The molecule has 0 aromatic heterocycles. The third-order valence-corrected chi connectivity index (χ3v) is 7.04. The van der Waals surface area contributed by atoms with Gasteiger partial charge in [-0.15, -0.1) is 0 Å². The minimum atomic E-state index is -0.0506. The monoisotopic (exact) mass is 363 g/mol. The van der Waals surface area contributed by atoms with Gasteiger partial charge in [-0.2, -0.15) is 0 Å². The maximum absolute atomic E-state index is 6.18. The number of rotatable bonds is 2. The summed E-state index contributed by atoms with van der Waals surface area (Å²) in [6.07, 6.45) is 9.63. The van der Waals surface area contributed by atoms with Crippen molar-refractivity contribution >= 4 is 5.96 Å². The topological polar surface area (TPSA) is 46.1 Å². The number of likely N-dealkylation sites (tertiary alicyclic amines) is 1. The second-order valence-electron chi connectivity index (χ2n) is 9.77. The van der Waals surface area contributed by atoms with Crippen LogP contribution in [0.25, 0.3) is 0 Å². The summed E-state index contributed by atoms with van der Waals surface area (Å²) in [4.78, 5) is 7.09. The largest absolute Gasteiger partial charge is 0.377 e. The lowest BCUT2D eigenvalue weighted by molar-refractivity contribution is -0.125. The van der Waals surface area contributed by atoms with Crippen LogP contribution in [0.4, 0.5) is 0 Å². The third-order valence-electron chi connectivity index (χ3n) is 7.04. The standard InChI is InChI=1S/C21H37N3O2/c1-20(2,3)26-15-7-12-24(13-8-15)19(22-4)23-17-16-9-14-25-18(16)21(17)10-5-6-11-21/h15-18H,5-14H2,1-4H3,(H,22,23). The van der Waals surface area contributed by atoms with Gasteiger partial charge in [-0.05, 0) is 52.9 Å². The molecule has 4 aliphatic rings. The number of nitrogens with zero attached hydrogens (tertiary/aromatic N) is 2. The first-order chi connectivity index (χ1) is 12.4. The van der Waals surface area contributed by atoms with Crippen molar-refractivity contribution < 1.29 is 9.47 Å². The van der Waals surface area contributed by atoms with Crippen LogP contribution in [0, 0.1) is 11.3 Å². The zero-order chi connectivity index (χ0) is 18.4. The second kappa shape index (κ2) is 6.97. The zero-order valence-electron chi connectivity index (χ0n) is 17.1. The smallest absolute Gasteiger partial charge is 0.193 e. The fourth-order valence-corrected chi connectivity index (χ4v) is 6.03. The highest BCUT2D eigenvalue weighted by Gasteiger charge is 2.65. The molecular weight excluding hydrogens is 326 g/mol. The third kappa shape index (κ3) is 3.26. The molecule has 0 aromatic carbocycles.